The molecule has 0 N–H and O–H groups in total. The van der Waals surface area contributed by atoms with Crippen LogP contribution in [-0.2, 0) is 0 Å². The van der Waals surface area contributed by atoms with Crippen LogP contribution in [0.5, 0.6) is 0 Å². The molecule has 0 bridgehead atoms. The first kappa shape index (κ1) is 24.4. The molecule has 160 valence electrons. The van der Waals surface area contributed by atoms with Crippen molar-refractivity contribution in [2.45, 2.75) is 119 Å². The molecule has 28 heavy (non-hydrogen) atoms. The molecule has 0 amide bonds. The molecule has 0 fully saturated rings. The lowest BCUT2D eigenvalue weighted by molar-refractivity contribution is 0.362. The van der Waals surface area contributed by atoms with Crippen molar-refractivity contribution in [1.29, 1.82) is 0 Å². The molecule has 0 aliphatic heterocycles. The molecular weight excluding hydrogens is 348 g/mol. The number of hydrogen-bond donors (Lipinski definition) is 0. The Hall–Kier alpha value is -1.65. The Morgan fingerprint density at radius 3 is 1.54 bits per heavy atom. The van der Waals surface area contributed by atoms with Crippen LogP contribution in [0.2, 0.25) is 0 Å². The molecule has 2 aromatic rings. The maximum atomic E-state index is 5.43. The fraction of sp³-hybridized carbons (Fsp3) is 0.783. The molecule has 0 saturated carbocycles. The minimum absolute atomic E-state index is 0.396. The molecule has 5 heteroatoms. The Morgan fingerprint density at radius 1 is 0.643 bits per heavy atom. The van der Waals surface area contributed by atoms with E-state index in [0.717, 1.165) is 17.1 Å². The number of hydrogen-bond acceptors (Lipinski definition) is 4. The molecule has 2 heterocycles. The smallest absolute Gasteiger partial charge is 0.142 e. The third-order valence-electron chi connectivity index (χ3n) is 4.77. The summed E-state index contributed by atoms with van der Waals surface area (Å²) in [4.78, 5) is 0. The lowest BCUT2D eigenvalue weighted by Gasteiger charge is -2.14. The molecule has 0 spiro atoms. The fourth-order valence-electron chi connectivity index (χ4n) is 3.40. The predicted molar refractivity (Wildman–Crippen MR) is 117 cm³/mol. The molecule has 0 aromatic carbocycles. The Balaban J connectivity index is 0.000000280. The van der Waals surface area contributed by atoms with Gasteiger partial charge in [-0.1, -0.05) is 79.6 Å². The highest BCUT2D eigenvalue weighted by Gasteiger charge is 2.22. The van der Waals surface area contributed by atoms with Gasteiger partial charge in [-0.2, -0.15) is 0 Å². The van der Waals surface area contributed by atoms with Crippen molar-refractivity contribution < 1.29 is 4.52 Å². The van der Waals surface area contributed by atoms with E-state index in [4.69, 9.17) is 4.52 Å². The second-order valence-corrected chi connectivity index (χ2v) is 9.52. The van der Waals surface area contributed by atoms with Gasteiger partial charge in [0, 0.05) is 17.5 Å². The summed E-state index contributed by atoms with van der Waals surface area (Å²) in [7, 11) is 0. The molecular formula is C23H42N4O. The van der Waals surface area contributed by atoms with Gasteiger partial charge in [-0.05, 0) is 37.5 Å². The molecule has 0 unspecified atom stereocenters. The molecule has 0 aliphatic rings. The van der Waals surface area contributed by atoms with Crippen LogP contribution in [-0.4, -0.2) is 20.2 Å². The zero-order valence-electron chi connectivity index (χ0n) is 20.2. The first-order chi connectivity index (χ1) is 12.9. The predicted octanol–water partition coefficient (Wildman–Crippen LogP) is 7.15. The zero-order chi connectivity index (χ0) is 21.8. The van der Waals surface area contributed by atoms with Crippen LogP contribution in [0.3, 0.4) is 0 Å². The monoisotopic (exact) mass is 390 g/mol. The van der Waals surface area contributed by atoms with Crippen LogP contribution in [0.25, 0.3) is 0 Å². The van der Waals surface area contributed by atoms with E-state index in [1.807, 2.05) is 4.68 Å². The van der Waals surface area contributed by atoms with Crippen molar-refractivity contribution in [2.75, 3.05) is 0 Å². The Labute approximate surface area is 172 Å². The lowest BCUT2D eigenvalue weighted by Crippen LogP contribution is -2.10. The van der Waals surface area contributed by atoms with Crippen molar-refractivity contribution >= 4 is 0 Å². The van der Waals surface area contributed by atoms with Gasteiger partial charge in [0.15, 0.2) is 0 Å². The van der Waals surface area contributed by atoms with Gasteiger partial charge in [0.05, 0.1) is 17.1 Å². The van der Waals surface area contributed by atoms with E-state index in [9.17, 15) is 0 Å². The average molecular weight is 391 g/mol. The molecule has 2 rings (SSSR count). The van der Waals surface area contributed by atoms with E-state index in [1.54, 1.807) is 0 Å². The van der Waals surface area contributed by atoms with Crippen LogP contribution in [0.1, 0.15) is 147 Å². The molecule has 0 aliphatic carbocycles. The average Bonchev–Trinajstić information content (AvgIpc) is 3.20. The van der Waals surface area contributed by atoms with Gasteiger partial charge in [0.25, 0.3) is 0 Å². The third kappa shape index (κ3) is 5.68. The van der Waals surface area contributed by atoms with Gasteiger partial charge in [0.1, 0.15) is 5.76 Å². The lowest BCUT2D eigenvalue weighted by atomic mass is 9.92. The van der Waals surface area contributed by atoms with Gasteiger partial charge >= 0.3 is 0 Å². The van der Waals surface area contributed by atoms with Gasteiger partial charge in [0.2, 0.25) is 0 Å². The van der Waals surface area contributed by atoms with Crippen molar-refractivity contribution in [3.05, 3.63) is 28.4 Å². The number of nitrogens with zero attached hydrogens (tertiary/aromatic N) is 4. The molecule has 0 atom stereocenters. The SMILES string of the molecule is CC(C)c1nnn(C(C)C)c1C(C)C.CC(C)c1noc(C(C)C)c1C(C)C. The summed E-state index contributed by atoms with van der Waals surface area (Å²) in [5, 5.41) is 12.7. The molecule has 0 radical (unpaired) electrons. The van der Waals surface area contributed by atoms with Crippen LogP contribution in [0, 0.1) is 0 Å². The van der Waals surface area contributed by atoms with Crippen LogP contribution in [0.15, 0.2) is 4.52 Å². The first-order valence-electron chi connectivity index (χ1n) is 10.8. The summed E-state index contributed by atoms with van der Waals surface area (Å²) in [6.07, 6.45) is 0. The van der Waals surface area contributed by atoms with Crippen molar-refractivity contribution in [3.8, 4) is 0 Å². The minimum Gasteiger partial charge on any atom is -0.361 e. The molecule has 2 aromatic heterocycles. The zero-order valence-corrected chi connectivity index (χ0v) is 20.2. The van der Waals surface area contributed by atoms with Crippen molar-refractivity contribution in [1.82, 2.24) is 20.2 Å². The quantitative estimate of drug-likeness (QED) is 0.525. The Bertz CT molecular complexity index is 608. The van der Waals surface area contributed by atoms with Crippen LogP contribution < -0.4 is 0 Å². The summed E-state index contributed by atoms with van der Waals surface area (Å²) in [5.74, 6) is 3.38. The minimum atomic E-state index is 0.396. The fourth-order valence-corrected chi connectivity index (χ4v) is 3.40. The molecule has 0 saturated heterocycles. The van der Waals surface area contributed by atoms with E-state index < -0.39 is 0 Å². The van der Waals surface area contributed by atoms with Gasteiger partial charge in [-0.15, -0.1) is 5.10 Å². The van der Waals surface area contributed by atoms with E-state index in [0.29, 0.717) is 35.6 Å². The second kappa shape index (κ2) is 10.2. The number of rotatable bonds is 6. The highest BCUT2D eigenvalue weighted by atomic mass is 16.5. The highest BCUT2D eigenvalue weighted by molar-refractivity contribution is 5.30. The van der Waals surface area contributed by atoms with E-state index in [1.165, 1.54) is 11.3 Å². The van der Waals surface area contributed by atoms with Gasteiger partial charge < -0.3 is 4.52 Å². The summed E-state index contributed by atoms with van der Waals surface area (Å²) in [5.41, 5.74) is 4.88. The maximum Gasteiger partial charge on any atom is 0.142 e. The van der Waals surface area contributed by atoms with Crippen molar-refractivity contribution in [2.24, 2.45) is 0 Å². The number of aromatic nitrogens is 4. The summed E-state index contributed by atoms with van der Waals surface area (Å²) in [6, 6.07) is 0.396. The largest absolute Gasteiger partial charge is 0.361 e. The maximum absolute atomic E-state index is 5.43. The highest BCUT2D eigenvalue weighted by Crippen LogP contribution is 2.32. The van der Waals surface area contributed by atoms with E-state index in [-0.39, 0.29) is 0 Å². The van der Waals surface area contributed by atoms with Gasteiger partial charge in [-0.25, -0.2) is 4.68 Å². The van der Waals surface area contributed by atoms with Gasteiger partial charge in [-0.3, -0.25) is 0 Å². The van der Waals surface area contributed by atoms with E-state index >= 15 is 0 Å². The third-order valence-corrected chi connectivity index (χ3v) is 4.77. The topological polar surface area (TPSA) is 56.7 Å². The van der Waals surface area contributed by atoms with E-state index in [2.05, 4.69) is 98.6 Å². The second-order valence-electron chi connectivity index (χ2n) is 9.52. The summed E-state index contributed by atoms with van der Waals surface area (Å²) < 4.78 is 7.47. The Kier molecular flexibility index (Phi) is 8.90. The standard InChI is InChI=1S/C12H21NO.C11H21N3/c1-7(2)10-11(8(3)4)13-14-12(10)9(5)6;1-7(2)10-11(8(3)4)14(9(5)6)13-12-10/h2*7-9H,1-6H3. The summed E-state index contributed by atoms with van der Waals surface area (Å²) >= 11 is 0. The Morgan fingerprint density at radius 2 is 1.18 bits per heavy atom. The van der Waals surface area contributed by atoms with Crippen LogP contribution in [0.4, 0.5) is 0 Å². The van der Waals surface area contributed by atoms with Crippen LogP contribution >= 0.6 is 0 Å². The molecule has 5 nitrogen and oxygen atoms in total. The first-order valence-corrected chi connectivity index (χ1v) is 10.8. The summed E-state index contributed by atoms with van der Waals surface area (Å²) in [6.45, 7) is 26.0. The normalized spacial score (nSPS) is 12.1. The van der Waals surface area contributed by atoms with Crippen molar-refractivity contribution in [3.63, 3.8) is 0 Å².